The number of ether oxygens (including phenoxy) is 1. The number of likely N-dealkylation sites (N-methyl/N-ethyl adjacent to an activating group) is 1. The van der Waals surface area contributed by atoms with Gasteiger partial charge in [-0.25, -0.2) is 0 Å². The van der Waals surface area contributed by atoms with Crippen molar-refractivity contribution in [2.75, 3.05) is 39.1 Å². The molecule has 1 aromatic carbocycles. The number of rotatable bonds is 8. The van der Waals surface area contributed by atoms with Crippen LogP contribution in [0.2, 0.25) is 0 Å². The Morgan fingerprint density at radius 2 is 2.11 bits per heavy atom. The molecule has 1 atom stereocenters. The van der Waals surface area contributed by atoms with E-state index in [0.717, 1.165) is 12.1 Å². The molecule has 1 rings (SSSR count). The molecule has 0 spiro atoms. The first-order chi connectivity index (χ1) is 9.08. The van der Waals surface area contributed by atoms with E-state index in [1.807, 2.05) is 24.9 Å². The Hall–Kier alpha value is -1.30. The minimum absolute atomic E-state index is 0.128. The van der Waals surface area contributed by atoms with Crippen LogP contribution in [0.1, 0.15) is 25.0 Å². The molecule has 1 aromatic rings. The number of nitrogens with zero attached hydrogens (tertiary/aromatic N) is 1. The van der Waals surface area contributed by atoms with Gasteiger partial charge in [0, 0.05) is 13.1 Å². The fourth-order valence-electron chi connectivity index (χ4n) is 1.85. The number of anilines is 1. The highest BCUT2D eigenvalue weighted by Crippen LogP contribution is 2.26. The molecule has 1 unspecified atom stereocenters. The lowest BCUT2D eigenvalue weighted by Gasteiger charge is -2.18. The molecule has 0 saturated heterocycles. The number of benzene rings is 1. The largest absolute Gasteiger partial charge is 0.492 e. The summed E-state index contributed by atoms with van der Waals surface area (Å²) in [7, 11) is 1.91. The van der Waals surface area contributed by atoms with Crippen LogP contribution in [0.3, 0.4) is 0 Å². The van der Waals surface area contributed by atoms with E-state index in [2.05, 4.69) is 0 Å². The fourth-order valence-corrected chi connectivity index (χ4v) is 1.85. The second-order valence-corrected chi connectivity index (χ2v) is 4.56. The van der Waals surface area contributed by atoms with E-state index in [9.17, 15) is 5.11 Å². The van der Waals surface area contributed by atoms with Gasteiger partial charge in [0.15, 0.2) is 0 Å². The predicted octanol–water partition coefficient (Wildman–Crippen LogP) is 1.02. The summed E-state index contributed by atoms with van der Waals surface area (Å²) in [5.74, 6) is 0.649. The molecule has 0 heterocycles. The van der Waals surface area contributed by atoms with Crippen LogP contribution in [-0.4, -0.2) is 48.5 Å². The maximum atomic E-state index is 10.1. The lowest BCUT2D eigenvalue weighted by molar-refractivity contribution is 0.141. The Labute approximate surface area is 114 Å². The fraction of sp³-hybridized carbons (Fsp3) is 0.571. The number of hydrogen-bond donors (Lipinski definition) is 3. The Kier molecular flexibility index (Phi) is 6.62. The third-order valence-electron chi connectivity index (χ3n) is 2.98. The number of nitrogen functional groups attached to an aromatic ring is 1. The molecular formula is C14H24N2O3. The SMILES string of the molecule is CCOc1ccc(C(O)CCN(C)CCO)cc1N. The smallest absolute Gasteiger partial charge is 0.142 e. The molecule has 0 aliphatic heterocycles. The Morgan fingerprint density at radius 1 is 1.37 bits per heavy atom. The number of aliphatic hydroxyl groups excluding tert-OH is 2. The second kappa shape index (κ2) is 7.99. The highest BCUT2D eigenvalue weighted by Gasteiger charge is 2.11. The zero-order chi connectivity index (χ0) is 14.3. The van der Waals surface area contributed by atoms with E-state index in [4.69, 9.17) is 15.6 Å². The van der Waals surface area contributed by atoms with Crippen LogP contribution in [0.5, 0.6) is 5.75 Å². The lowest BCUT2D eigenvalue weighted by Crippen LogP contribution is -2.24. The van der Waals surface area contributed by atoms with E-state index < -0.39 is 6.10 Å². The van der Waals surface area contributed by atoms with E-state index >= 15 is 0 Å². The second-order valence-electron chi connectivity index (χ2n) is 4.56. The van der Waals surface area contributed by atoms with Gasteiger partial charge in [0.25, 0.3) is 0 Å². The summed E-state index contributed by atoms with van der Waals surface area (Å²) in [5.41, 5.74) is 7.20. The van der Waals surface area contributed by atoms with Gasteiger partial charge in [-0.2, -0.15) is 0 Å². The first kappa shape index (κ1) is 15.8. The van der Waals surface area contributed by atoms with Crippen molar-refractivity contribution in [3.05, 3.63) is 23.8 Å². The first-order valence-corrected chi connectivity index (χ1v) is 6.58. The van der Waals surface area contributed by atoms with Gasteiger partial charge < -0.3 is 25.6 Å². The monoisotopic (exact) mass is 268 g/mol. The van der Waals surface area contributed by atoms with Gasteiger partial charge in [-0.15, -0.1) is 0 Å². The molecule has 0 amide bonds. The number of hydrogen-bond acceptors (Lipinski definition) is 5. The minimum Gasteiger partial charge on any atom is -0.492 e. The predicted molar refractivity (Wildman–Crippen MR) is 76.2 cm³/mol. The summed E-state index contributed by atoms with van der Waals surface area (Å²) in [6.07, 6.45) is 0.0447. The van der Waals surface area contributed by atoms with Gasteiger partial charge in [0.2, 0.25) is 0 Å². The molecule has 0 aromatic heterocycles. The molecule has 4 N–H and O–H groups in total. The highest BCUT2D eigenvalue weighted by molar-refractivity contribution is 5.54. The van der Waals surface area contributed by atoms with Crippen LogP contribution in [0.4, 0.5) is 5.69 Å². The molecule has 0 radical (unpaired) electrons. The zero-order valence-corrected chi connectivity index (χ0v) is 11.7. The minimum atomic E-state index is -0.556. The summed E-state index contributed by atoms with van der Waals surface area (Å²) >= 11 is 0. The van der Waals surface area contributed by atoms with Crippen LogP contribution in [0.25, 0.3) is 0 Å². The Balaban J connectivity index is 2.57. The van der Waals surface area contributed by atoms with Crippen molar-refractivity contribution in [1.82, 2.24) is 4.90 Å². The van der Waals surface area contributed by atoms with Crippen molar-refractivity contribution in [3.8, 4) is 5.75 Å². The summed E-state index contributed by atoms with van der Waals surface area (Å²) in [5, 5.41) is 18.9. The summed E-state index contributed by atoms with van der Waals surface area (Å²) in [6, 6.07) is 5.37. The van der Waals surface area contributed by atoms with Crippen molar-refractivity contribution < 1.29 is 14.9 Å². The van der Waals surface area contributed by atoms with E-state index in [0.29, 0.717) is 31.0 Å². The average molecular weight is 268 g/mol. The Bertz CT molecular complexity index is 385. The molecule has 0 bridgehead atoms. The molecule has 0 saturated carbocycles. The first-order valence-electron chi connectivity index (χ1n) is 6.58. The van der Waals surface area contributed by atoms with Crippen LogP contribution < -0.4 is 10.5 Å². The van der Waals surface area contributed by atoms with Crippen LogP contribution in [-0.2, 0) is 0 Å². The molecule has 108 valence electrons. The average Bonchev–Trinajstić information content (AvgIpc) is 2.39. The van der Waals surface area contributed by atoms with Crippen LogP contribution >= 0.6 is 0 Å². The maximum Gasteiger partial charge on any atom is 0.142 e. The number of aliphatic hydroxyl groups is 2. The van der Waals surface area contributed by atoms with Gasteiger partial charge in [-0.3, -0.25) is 0 Å². The zero-order valence-electron chi connectivity index (χ0n) is 11.7. The summed E-state index contributed by atoms with van der Waals surface area (Å²) < 4.78 is 5.36. The van der Waals surface area contributed by atoms with Gasteiger partial charge >= 0.3 is 0 Å². The van der Waals surface area contributed by atoms with E-state index in [-0.39, 0.29) is 6.61 Å². The lowest BCUT2D eigenvalue weighted by atomic mass is 10.1. The molecular weight excluding hydrogens is 244 g/mol. The van der Waals surface area contributed by atoms with Crippen molar-refractivity contribution in [1.29, 1.82) is 0 Å². The van der Waals surface area contributed by atoms with Crippen molar-refractivity contribution >= 4 is 5.69 Å². The third kappa shape index (κ3) is 5.06. The van der Waals surface area contributed by atoms with Crippen LogP contribution in [0.15, 0.2) is 18.2 Å². The van der Waals surface area contributed by atoms with Crippen molar-refractivity contribution in [2.45, 2.75) is 19.4 Å². The van der Waals surface area contributed by atoms with Crippen LogP contribution in [0, 0.1) is 0 Å². The van der Waals surface area contributed by atoms with E-state index in [1.165, 1.54) is 0 Å². The van der Waals surface area contributed by atoms with Gasteiger partial charge in [0.05, 0.1) is 25.0 Å². The molecule has 0 fully saturated rings. The quantitative estimate of drug-likeness (QED) is 0.613. The molecule has 0 aliphatic rings. The molecule has 5 heteroatoms. The summed E-state index contributed by atoms with van der Waals surface area (Å²) in [6.45, 7) is 3.92. The number of nitrogens with two attached hydrogens (primary N) is 1. The van der Waals surface area contributed by atoms with E-state index in [1.54, 1.807) is 12.1 Å². The highest BCUT2D eigenvalue weighted by atomic mass is 16.5. The molecule has 0 aliphatic carbocycles. The maximum absolute atomic E-state index is 10.1. The Morgan fingerprint density at radius 3 is 2.68 bits per heavy atom. The third-order valence-corrected chi connectivity index (χ3v) is 2.98. The van der Waals surface area contributed by atoms with Gasteiger partial charge in [-0.05, 0) is 38.1 Å². The van der Waals surface area contributed by atoms with Crippen molar-refractivity contribution in [2.24, 2.45) is 0 Å². The topological polar surface area (TPSA) is 79.0 Å². The standard InChI is InChI=1S/C14H24N2O3/c1-3-19-14-5-4-11(10-12(14)15)13(18)6-7-16(2)8-9-17/h4-5,10,13,17-18H,3,6-9,15H2,1-2H3. The normalized spacial score (nSPS) is 12.7. The molecule has 5 nitrogen and oxygen atoms in total. The van der Waals surface area contributed by atoms with Crippen molar-refractivity contribution in [3.63, 3.8) is 0 Å². The summed E-state index contributed by atoms with van der Waals surface area (Å²) in [4.78, 5) is 1.97. The van der Waals surface area contributed by atoms with Gasteiger partial charge in [0.1, 0.15) is 5.75 Å². The molecule has 19 heavy (non-hydrogen) atoms. The van der Waals surface area contributed by atoms with Gasteiger partial charge in [-0.1, -0.05) is 6.07 Å².